The third-order valence-corrected chi connectivity index (χ3v) is 2.75. The van der Waals surface area contributed by atoms with Crippen LogP contribution in [0.3, 0.4) is 0 Å². The molecule has 0 bridgehead atoms. The zero-order chi connectivity index (χ0) is 13.7. The van der Waals surface area contributed by atoms with Gasteiger partial charge in [0.05, 0.1) is 7.11 Å². The van der Waals surface area contributed by atoms with Gasteiger partial charge in [0.2, 0.25) is 11.2 Å². The molecule has 2 heterocycles. The van der Waals surface area contributed by atoms with E-state index in [2.05, 4.69) is 19.9 Å². The summed E-state index contributed by atoms with van der Waals surface area (Å²) in [5.41, 5.74) is 1.20. The van der Waals surface area contributed by atoms with Crippen molar-refractivity contribution in [1.82, 2.24) is 19.9 Å². The maximum Gasteiger partial charge on any atom is 0.322 e. The van der Waals surface area contributed by atoms with Crippen molar-refractivity contribution in [3.8, 4) is 6.01 Å². The molecular formula is C12H14ClN5O. The van der Waals surface area contributed by atoms with Crippen molar-refractivity contribution in [2.45, 2.75) is 6.42 Å². The fourth-order valence-corrected chi connectivity index (χ4v) is 1.68. The van der Waals surface area contributed by atoms with Crippen LogP contribution in [-0.4, -0.2) is 40.6 Å². The fraction of sp³-hybridized carbons (Fsp3) is 0.333. The SMILES string of the molecule is COc1nc(Cl)nc(N(C)CCc2ccncc2)n1. The second-order valence-electron chi connectivity index (χ2n) is 3.92. The summed E-state index contributed by atoms with van der Waals surface area (Å²) in [6.07, 6.45) is 4.42. The van der Waals surface area contributed by atoms with Crippen LogP contribution < -0.4 is 9.64 Å². The van der Waals surface area contributed by atoms with E-state index in [4.69, 9.17) is 16.3 Å². The molecule has 0 N–H and O–H groups in total. The van der Waals surface area contributed by atoms with Gasteiger partial charge < -0.3 is 9.64 Å². The van der Waals surface area contributed by atoms with Crippen LogP contribution in [0.5, 0.6) is 6.01 Å². The molecule has 0 saturated carbocycles. The van der Waals surface area contributed by atoms with Crippen LogP contribution in [0, 0.1) is 0 Å². The second kappa shape index (κ2) is 6.29. The minimum atomic E-state index is 0.123. The molecule has 7 heteroatoms. The van der Waals surface area contributed by atoms with E-state index in [9.17, 15) is 0 Å². The maximum absolute atomic E-state index is 5.81. The van der Waals surface area contributed by atoms with E-state index < -0.39 is 0 Å². The van der Waals surface area contributed by atoms with Crippen molar-refractivity contribution in [2.75, 3.05) is 25.6 Å². The molecule has 0 radical (unpaired) electrons. The van der Waals surface area contributed by atoms with Crippen LogP contribution in [0.1, 0.15) is 5.56 Å². The summed E-state index contributed by atoms with van der Waals surface area (Å²) in [6, 6.07) is 4.18. The summed E-state index contributed by atoms with van der Waals surface area (Å²) in [5.74, 6) is 0.492. The molecule has 0 aliphatic carbocycles. The van der Waals surface area contributed by atoms with Gasteiger partial charge in [-0.1, -0.05) is 0 Å². The zero-order valence-electron chi connectivity index (χ0n) is 10.7. The van der Waals surface area contributed by atoms with Crippen LogP contribution in [0.15, 0.2) is 24.5 Å². The molecule has 0 atom stereocenters. The normalized spacial score (nSPS) is 10.3. The standard InChI is InChI=1S/C12H14ClN5O/c1-18(8-5-9-3-6-14-7-4-9)11-15-10(13)16-12(17-11)19-2/h3-4,6-7H,5,8H2,1-2H3. The molecule has 0 saturated heterocycles. The summed E-state index contributed by atoms with van der Waals surface area (Å²) in [4.78, 5) is 17.9. The van der Waals surface area contributed by atoms with Crippen molar-refractivity contribution in [2.24, 2.45) is 0 Å². The van der Waals surface area contributed by atoms with Crippen molar-refractivity contribution in [3.05, 3.63) is 35.4 Å². The molecule has 100 valence electrons. The van der Waals surface area contributed by atoms with Gasteiger partial charge in [0, 0.05) is 26.0 Å². The summed E-state index contributed by atoms with van der Waals surface area (Å²) >= 11 is 5.81. The first-order chi connectivity index (χ1) is 9.19. The Labute approximate surface area is 116 Å². The van der Waals surface area contributed by atoms with Gasteiger partial charge in [-0.3, -0.25) is 4.98 Å². The highest BCUT2D eigenvalue weighted by Crippen LogP contribution is 2.14. The number of aromatic nitrogens is 4. The van der Waals surface area contributed by atoms with Crippen LogP contribution >= 0.6 is 11.6 Å². The van der Waals surface area contributed by atoms with Crippen LogP contribution in [0.2, 0.25) is 5.28 Å². The monoisotopic (exact) mass is 279 g/mol. The van der Waals surface area contributed by atoms with E-state index in [1.54, 1.807) is 12.4 Å². The van der Waals surface area contributed by atoms with Gasteiger partial charge in [0.15, 0.2) is 0 Å². The second-order valence-corrected chi connectivity index (χ2v) is 4.26. The molecular weight excluding hydrogens is 266 g/mol. The minimum Gasteiger partial charge on any atom is -0.467 e. The van der Waals surface area contributed by atoms with Crippen molar-refractivity contribution >= 4 is 17.5 Å². The van der Waals surface area contributed by atoms with Crippen LogP contribution in [0.4, 0.5) is 5.95 Å². The Bertz CT molecular complexity index is 537. The highest BCUT2D eigenvalue weighted by atomic mass is 35.5. The molecule has 19 heavy (non-hydrogen) atoms. The maximum atomic E-state index is 5.81. The van der Waals surface area contributed by atoms with Gasteiger partial charge in [0.25, 0.3) is 0 Å². The van der Waals surface area contributed by atoms with E-state index in [1.807, 2.05) is 24.1 Å². The lowest BCUT2D eigenvalue weighted by atomic mass is 10.2. The molecule has 0 aromatic carbocycles. The third-order valence-electron chi connectivity index (χ3n) is 2.59. The summed E-state index contributed by atoms with van der Waals surface area (Å²) in [5, 5.41) is 0.123. The fourth-order valence-electron chi connectivity index (χ4n) is 1.53. The van der Waals surface area contributed by atoms with Crippen LogP contribution in [0.25, 0.3) is 0 Å². The number of pyridine rings is 1. The molecule has 0 fully saturated rings. The smallest absolute Gasteiger partial charge is 0.322 e. The van der Waals surface area contributed by atoms with Crippen molar-refractivity contribution in [1.29, 1.82) is 0 Å². The topological polar surface area (TPSA) is 64.0 Å². The Morgan fingerprint density at radius 2 is 1.95 bits per heavy atom. The van der Waals surface area contributed by atoms with Gasteiger partial charge >= 0.3 is 6.01 Å². The average Bonchev–Trinajstić information content (AvgIpc) is 2.45. The van der Waals surface area contributed by atoms with E-state index in [0.29, 0.717) is 5.95 Å². The lowest BCUT2D eigenvalue weighted by Gasteiger charge is -2.17. The number of hydrogen-bond acceptors (Lipinski definition) is 6. The molecule has 2 aromatic heterocycles. The van der Waals surface area contributed by atoms with Gasteiger partial charge in [-0.2, -0.15) is 15.0 Å². The number of hydrogen-bond donors (Lipinski definition) is 0. The van der Waals surface area contributed by atoms with Gasteiger partial charge in [-0.15, -0.1) is 0 Å². The number of likely N-dealkylation sites (N-methyl/N-ethyl adjacent to an activating group) is 1. The molecule has 0 unspecified atom stereocenters. The molecule has 2 aromatic rings. The summed E-state index contributed by atoms with van der Waals surface area (Å²) in [7, 11) is 3.39. The lowest BCUT2D eigenvalue weighted by Crippen LogP contribution is -2.23. The van der Waals surface area contributed by atoms with Gasteiger partial charge in [-0.25, -0.2) is 0 Å². The Hall–Kier alpha value is -1.95. The number of ether oxygens (including phenoxy) is 1. The van der Waals surface area contributed by atoms with E-state index in [-0.39, 0.29) is 11.3 Å². The highest BCUT2D eigenvalue weighted by Gasteiger charge is 2.09. The number of anilines is 1. The largest absolute Gasteiger partial charge is 0.467 e. The van der Waals surface area contributed by atoms with Crippen molar-refractivity contribution < 1.29 is 4.74 Å². The minimum absolute atomic E-state index is 0.123. The first kappa shape index (κ1) is 13.5. The number of methoxy groups -OCH3 is 1. The molecule has 0 amide bonds. The Morgan fingerprint density at radius 3 is 2.63 bits per heavy atom. The Kier molecular flexibility index (Phi) is 4.46. The van der Waals surface area contributed by atoms with Gasteiger partial charge in [0.1, 0.15) is 0 Å². The Morgan fingerprint density at radius 1 is 1.21 bits per heavy atom. The number of nitrogens with zero attached hydrogens (tertiary/aromatic N) is 5. The van der Waals surface area contributed by atoms with Crippen LogP contribution in [-0.2, 0) is 6.42 Å². The molecule has 6 nitrogen and oxygen atoms in total. The average molecular weight is 280 g/mol. The predicted octanol–water partition coefficient (Wildman–Crippen LogP) is 1.61. The number of halogens is 1. The van der Waals surface area contributed by atoms with Crippen molar-refractivity contribution in [3.63, 3.8) is 0 Å². The molecule has 0 spiro atoms. The van der Waals surface area contributed by atoms with Gasteiger partial charge in [-0.05, 0) is 35.7 Å². The first-order valence-electron chi connectivity index (χ1n) is 5.74. The molecule has 2 rings (SSSR count). The quantitative estimate of drug-likeness (QED) is 0.828. The van der Waals surface area contributed by atoms with E-state index in [0.717, 1.165) is 13.0 Å². The Balaban J connectivity index is 2.03. The summed E-state index contributed by atoms with van der Waals surface area (Å²) in [6.45, 7) is 0.757. The predicted molar refractivity (Wildman–Crippen MR) is 72.6 cm³/mol. The number of rotatable bonds is 5. The van der Waals surface area contributed by atoms with E-state index >= 15 is 0 Å². The molecule has 0 aliphatic rings. The first-order valence-corrected chi connectivity index (χ1v) is 6.12. The lowest BCUT2D eigenvalue weighted by molar-refractivity contribution is 0.378. The highest BCUT2D eigenvalue weighted by molar-refractivity contribution is 6.28. The zero-order valence-corrected chi connectivity index (χ0v) is 11.5. The summed E-state index contributed by atoms with van der Waals surface area (Å²) < 4.78 is 4.97. The van der Waals surface area contributed by atoms with E-state index in [1.165, 1.54) is 12.7 Å². The molecule has 0 aliphatic heterocycles. The third kappa shape index (κ3) is 3.75.